The minimum atomic E-state index is -3.54. The molecule has 2 rings (SSSR count). The average molecular weight is 349 g/mol. The quantitative estimate of drug-likeness (QED) is 0.852. The van der Waals surface area contributed by atoms with E-state index in [0.29, 0.717) is 18.0 Å². The fraction of sp³-hybridized carbons (Fsp3) is 0.500. The van der Waals surface area contributed by atoms with Gasteiger partial charge in [0.25, 0.3) is 0 Å². The van der Waals surface area contributed by atoms with Crippen LogP contribution in [-0.4, -0.2) is 40.8 Å². The van der Waals surface area contributed by atoms with E-state index < -0.39 is 10.0 Å². The zero-order chi connectivity index (χ0) is 14.0. The van der Waals surface area contributed by atoms with Crippen LogP contribution in [0.4, 0.5) is 0 Å². The summed E-state index contributed by atoms with van der Waals surface area (Å²) in [7, 11) is -1.95. The predicted molar refractivity (Wildman–Crippen MR) is 76.7 cm³/mol. The normalized spacial score (nSPS) is 23.7. The molecule has 1 aromatic carbocycles. The summed E-state index contributed by atoms with van der Waals surface area (Å²) in [4.78, 5) is 0.295. The molecule has 0 bridgehead atoms. The maximum atomic E-state index is 12.4. The molecule has 19 heavy (non-hydrogen) atoms. The molecule has 0 radical (unpaired) electrons. The van der Waals surface area contributed by atoms with Gasteiger partial charge in [0.05, 0.1) is 17.0 Å². The Labute approximate surface area is 121 Å². The van der Waals surface area contributed by atoms with Gasteiger partial charge in [-0.3, -0.25) is 0 Å². The van der Waals surface area contributed by atoms with E-state index in [4.69, 9.17) is 4.74 Å². The maximum absolute atomic E-state index is 12.4. The predicted octanol–water partition coefficient (Wildman–Crippen LogP) is 1.02. The molecule has 0 amide bonds. The van der Waals surface area contributed by atoms with E-state index in [-0.39, 0.29) is 12.1 Å². The van der Waals surface area contributed by atoms with Crippen LogP contribution in [0.25, 0.3) is 0 Å². The number of hydrogen-bond donors (Lipinski definition) is 2. The first-order chi connectivity index (χ1) is 8.94. The van der Waals surface area contributed by atoms with E-state index in [9.17, 15) is 8.42 Å². The second-order valence-electron chi connectivity index (χ2n) is 4.57. The molecule has 1 aliphatic rings. The highest BCUT2D eigenvalue weighted by Gasteiger charge is 2.31. The molecule has 2 atom stereocenters. The number of nitrogens with one attached hydrogen (secondary N) is 2. The minimum absolute atomic E-state index is 0.137. The summed E-state index contributed by atoms with van der Waals surface area (Å²) >= 11 is 3.30. The molecule has 0 aromatic heterocycles. The van der Waals surface area contributed by atoms with E-state index in [1.807, 2.05) is 6.07 Å². The summed E-state index contributed by atoms with van der Waals surface area (Å²) in [5.41, 5.74) is 0.718. The lowest BCUT2D eigenvalue weighted by atomic mass is 10.2. The summed E-state index contributed by atoms with van der Waals surface area (Å²) in [5, 5.41) is 3.11. The highest BCUT2D eigenvalue weighted by Crippen LogP contribution is 2.21. The van der Waals surface area contributed by atoms with Crippen LogP contribution in [0.15, 0.2) is 27.6 Å². The van der Waals surface area contributed by atoms with Gasteiger partial charge in [0.1, 0.15) is 0 Å². The standard InChI is InChI=1S/C12H17BrN2O3S/c1-8-3-4-9(13)5-12(8)19(16,17)15-10-6-14-7-11(10)18-2/h3-5,10-11,14-15H,6-7H2,1-2H3/t10?,11-/m0/s1. The minimum Gasteiger partial charge on any atom is -0.378 e. The van der Waals surface area contributed by atoms with E-state index in [2.05, 4.69) is 26.0 Å². The van der Waals surface area contributed by atoms with E-state index >= 15 is 0 Å². The molecule has 1 saturated heterocycles. The van der Waals surface area contributed by atoms with Gasteiger partial charge in [0.2, 0.25) is 10.0 Å². The molecule has 1 heterocycles. The highest BCUT2D eigenvalue weighted by atomic mass is 79.9. The molecule has 0 saturated carbocycles. The molecule has 1 aromatic rings. The number of aryl methyl sites for hydroxylation is 1. The molecule has 1 aliphatic heterocycles. The lowest BCUT2D eigenvalue weighted by Gasteiger charge is -2.19. The summed E-state index contributed by atoms with van der Waals surface area (Å²) < 4.78 is 33.5. The van der Waals surface area contributed by atoms with Crippen LogP contribution in [0.5, 0.6) is 0 Å². The van der Waals surface area contributed by atoms with E-state index in [1.165, 1.54) is 0 Å². The molecule has 7 heteroatoms. The van der Waals surface area contributed by atoms with Gasteiger partial charge in [-0.15, -0.1) is 0 Å². The Morgan fingerprint density at radius 1 is 1.42 bits per heavy atom. The number of ether oxygens (including phenoxy) is 1. The van der Waals surface area contributed by atoms with E-state index in [0.717, 1.165) is 10.0 Å². The number of hydrogen-bond acceptors (Lipinski definition) is 4. The third-order valence-electron chi connectivity index (χ3n) is 3.21. The number of methoxy groups -OCH3 is 1. The lowest BCUT2D eigenvalue weighted by molar-refractivity contribution is 0.103. The number of sulfonamides is 1. The van der Waals surface area contributed by atoms with Crippen molar-refractivity contribution in [2.45, 2.75) is 24.0 Å². The van der Waals surface area contributed by atoms with Crippen LogP contribution >= 0.6 is 15.9 Å². The van der Waals surface area contributed by atoms with Gasteiger partial charge in [-0.05, 0) is 24.6 Å². The molecule has 0 aliphatic carbocycles. The number of benzene rings is 1. The van der Waals surface area contributed by atoms with Crippen molar-refractivity contribution in [1.29, 1.82) is 0 Å². The van der Waals surface area contributed by atoms with Gasteiger partial charge in [-0.25, -0.2) is 13.1 Å². The van der Waals surface area contributed by atoms with Crippen molar-refractivity contribution in [2.75, 3.05) is 20.2 Å². The van der Waals surface area contributed by atoms with Gasteiger partial charge in [-0.1, -0.05) is 22.0 Å². The topological polar surface area (TPSA) is 67.4 Å². The van der Waals surface area contributed by atoms with Gasteiger partial charge >= 0.3 is 0 Å². The van der Waals surface area contributed by atoms with Gasteiger partial charge in [0, 0.05) is 24.7 Å². The molecule has 2 N–H and O–H groups in total. The Kier molecular flexibility index (Phi) is 4.62. The second kappa shape index (κ2) is 5.88. The largest absolute Gasteiger partial charge is 0.378 e. The van der Waals surface area contributed by atoms with Crippen LogP contribution in [0.2, 0.25) is 0 Å². The average Bonchev–Trinajstić information content (AvgIpc) is 2.78. The van der Waals surface area contributed by atoms with Crippen LogP contribution in [0.3, 0.4) is 0 Å². The van der Waals surface area contributed by atoms with Crippen molar-refractivity contribution < 1.29 is 13.2 Å². The molecule has 1 fully saturated rings. The first-order valence-corrected chi connectivity index (χ1v) is 8.23. The number of halogens is 1. The zero-order valence-electron chi connectivity index (χ0n) is 10.8. The van der Waals surface area contributed by atoms with Crippen LogP contribution in [0.1, 0.15) is 5.56 Å². The maximum Gasteiger partial charge on any atom is 0.241 e. The van der Waals surface area contributed by atoms with Crippen molar-refractivity contribution in [3.8, 4) is 0 Å². The Morgan fingerprint density at radius 2 is 2.16 bits per heavy atom. The second-order valence-corrected chi connectivity index (χ2v) is 7.17. The molecule has 5 nitrogen and oxygen atoms in total. The summed E-state index contributed by atoms with van der Waals surface area (Å²) in [6.45, 7) is 3.01. The third kappa shape index (κ3) is 3.35. The fourth-order valence-electron chi connectivity index (χ4n) is 2.15. The van der Waals surface area contributed by atoms with Crippen LogP contribution in [-0.2, 0) is 14.8 Å². The van der Waals surface area contributed by atoms with Crippen LogP contribution in [0, 0.1) is 6.92 Å². The van der Waals surface area contributed by atoms with Crippen molar-refractivity contribution in [3.63, 3.8) is 0 Å². The van der Waals surface area contributed by atoms with Crippen LogP contribution < -0.4 is 10.0 Å². The zero-order valence-corrected chi connectivity index (χ0v) is 13.2. The monoisotopic (exact) mass is 348 g/mol. The summed E-state index contributed by atoms with van der Waals surface area (Å²) in [5.74, 6) is 0. The molecular weight excluding hydrogens is 332 g/mol. The van der Waals surface area contributed by atoms with Crippen molar-refractivity contribution >= 4 is 26.0 Å². The van der Waals surface area contributed by atoms with Crippen molar-refractivity contribution in [3.05, 3.63) is 28.2 Å². The Morgan fingerprint density at radius 3 is 2.84 bits per heavy atom. The summed E-state index contributed by atoms with van der Waals surface area (Å²) in [6.07, 6.45) is -0.137. The molecular formula is C12H17BrN2O3S. The fourth-order valence-corrected chi connectivity index (χ4v) is 4.19. The van der Waals surface area contributed by atoms with Crippen molar-refractivity contribution in [1.82, 2.24) is 10.0 Å². The van der Waals surface area contributed by atoms with Gasteiger partial charge < -0.3 is 10.1 Å². The first kappa shape index (κ1) is 14.9. The molecule has 106 valence electrons. The molecule has 0 spiro atoms. The third-order valence-corrected chi connectivity index (χ3v) is 5.33. The SMILES string of the molecule is CO[C@H]1CNCC1NS(=O)(=O)c1cc(Br)ccc1C. The Bertz CT molecular complexity index is 562. The van der Waals surface area contributed by atoms with Crippen molar-refractivity contribution in [2.24, 2.45) is 0 Å². The Balaban J connectivity index is 2.25. The van der Waals surface area contributed by atoms with Gasteiger partial charge in [0.15, 0.2) is 0 Å². The molecule has 1 unspecified atom stereocenters. The van der Waals surface area contributed by atoms with Gasteiger partial charge in [-0.2, -0.15) is 0 Å². The number of rotatable bonds is 4. The first-order valence-electron chi connectivity index (χ1n) is 5.96. The van der Waals surface area contributed by atoms with E-state index in [1.54, 1.807) is 26.2 Å². The Hall–Kier alpha value is -0.470. The lowest BCUT2D eigenvalue weighted by Crippen LogP contribution is -2.43. The summed E-state index contributed by atoms with van der Waals surface area (Å²) in [6, 6.07) is 4.97. The smallest absolute Gasteiger partial charge is 0.241 e. The highest BCUT2D eigenvalue weighted by molar-refractivity contribution is 9.10.